The molecule has 2 rings (SSSR count). The molecule has 1 aliphatic carbocycles. The molecule has 0 saturated heterocycles. The van der Waals surface area contributed by atoms with Gasteiger partial charge in [0.25, 0.3) is 5.91 Å². The van der Waals surface area contributed by atoms with Crippen LogP contribution in [0.3, 0.4) is 0 Å². The number of nitrogens with two attached hydrogens (primary N) is 1. The summed E-state index contributed by atoms with van der Waals surface area (Å²) in [4.78, 5) is 29.3. The molecule has 10 heteroatoms. The smallest absolute Gasteiger partial charge is 0.268 e. The first-order valence-electron chi connectivity index (χ1n) is 8.38. The number of aryl methyl sites for hydroxylation is 1. The molecule has 6 N–H and O–H groups in total. The molecule has 1 heterocycles. The Labute approximate surface area is 166 Å². The fourth-order valence-corrected chi connectivity index (χ4v) is 3.02. The summed E-state index contributed by atoms with van der Waals surface area (Å²) in [5.74, 6) is -1.08. The van der Waals surface area contributed by atoms with E-state index in [0.29, 0.717) is 12.4 Å². The summed E-state index contributed by atoms with van der Waals surface area (Å²) >= 11 is 1.52. The third-order valence-corrected chi connectivity index (χ3v) is 4.92. The van der Waals surface area contributed by atoms with Crippen LogP contribution in [0.5, 0.6) is 0 Å². The quantitative estimate of drug-likeness (QED) is 0.392. The molecule has 0 saturated carbocycles. The van der Waals surface area contributed by atoms with Gasteiger partial charge in [0.2, 0.25) is 5.91 Å². The minimum atomic E-state index is -1.63. The van der Waals surface area contributed by atoms with Gasteiger partial charge in [-0.15, -0.1) is 11.3 Å². The first kappa shape index (κ1) is 21.3. The number of aliphatic hydroxyl groups is 1. The number of nitrogens with zero attached hydrogens (tertiary/aromatic N) is 1. The van der Waals surface area contributed by atoms with Crippen molar-refractivity contribution in [3.8, 4) is 0 Å². The van der Waals surface area contributed by atoms with Gasteiger partial charge < -0.3 is 31.6 Å². The Morgan fingerprint density at radius 1 is 1.43 bits per heavy atom. The second kappa shape index (κ2) is 8.81. The monoisotopic (exact) mass is 405 g/mol. The highest BCUT2D eigenvalue weighted by molar-refractivity contribution is 7.11. The number of aliphatic hydroxyl groups excluding tert-OH is 1. The normalized spacial score (nSPS) is 17.4. The minimum Gasteiger partial charge on any atom is -0.488 e. The third-order valence-electron chi connectivity index (χ3n) is 4.04. The van der Waals surface area contributed by atoms with Crippen LogP contribution in [0.2, 0.25) is 0 Å². The van der Waals surface area contributed by atoms with E-state index in [0.717, 1.165) is 9.88 Å². The summed E-state index contributed by atoms with van der Waals surface area (Å²) in [6.45, 7) is 2.88. The zero-order chi connectivity index (χ0) is 20.9. The molecule has 0 spiro atoms. The van der Waals surface area contributed by atoms with Crippen molar-refractivity contribution in [1.29, 1.82) is 5.41 Å². The zero-order valence-corrected chi connectivity index (χ0v) is 16.6. The molecule has 0 aromatic carbocycles. The largest absolute Gasteiger partial charge is 0.488 e. The van der Waals surface area contributed by atoms with Crippen molar-refractivity contribution >= 4 is 28.9 Å². The van der Waals surface area contributed by atoms with E-state index in [-0.39, 0.29) is 17.0 Å². The fourth-order valence-electron chi connectivity index (χ4n) is 2.31. The van der Waals surface area contributed by atoms with E-state index in [2.05, 4.69) is 15.6 Å². The fraction of sp³-hybridized carbons (Fsp3) is 0.333. The maximum Gasteiger partial charge on any atom is 0.268 e. The highest BCUT2D eigenvalue weighted by Gasteiger charge is 2.33. The van der Waals surface area contributed by atoms with E-state index in [1.54, 1.807) is 18.3 Å². The number of hydrogen-bond donors (Lipinski definition) is 5. The number of ether oxygens (including phenoxy) is 1. The summed E-state index contributed by atoms with van der Waals surface area (Å²) < 4.78 is 5.74. The molecule has 1 unspecified atom stereocenters. The average Bonchev–Trinajstić information content (AvgIpc) is 3.07. The molecule has 1 aromatic rings. The van der Waals surface area contributed by atoms with Gasteiger partial charge in [-0.05, 0) is 32.1 Å². The number of nitrogens with one attached hydrogen (secondary N) is 3. The number of carbonyl (C=O) groups excluding carboxylic acids is 2. The lowest BCUT2D eigenvalue weighted by Crippen LogP contribution is -2.58. The molecular formula is C18H23N5O4S. The lowest BCUT2D eigenvalue weighted by atomic mass is 9.99. The van der Waals surface area contributed by atoms with Crippen molar-refractivity contribution < 1.29 is 19.4 Å². The highest BCUT2D eigenvalue weighted by Crippen LogP contribution is 2.20. The Kier molecular flexibility index (Phi) is 6.71. The molecule has 0 radical (unpaired) electrons. The molecule has 1 atom stereocenters. The molecule has 9 nitrogen and oxygen atoms in total. The van der Waals surface area contributed by atoms with Crippen LogP contribution < -0.4 is 16.4 Å². The van der Waals surface area contributed by atoms with Gasteiger partial charge in [0.05, 0.1) is 22.2 Å². The molecule has 2 amide bonds. The Balaban J connectivity index is 2.25. The molecular weight excluding hydrogens is 382 g/mol. The maximum atomic E-state index is 12.6. The van der Waals surface area contributed by atoms with Gasteiger partial charge >= 0.3 is 0 Å². The topological polar surface area (TPSA) is 150 Å². The molecule has 150 valence electrons. The van der Waals surface area contributed by atoms with Crippen LogP contribution in [-0.4, -0.2) is 46.8 Å². The summed E-state index contributed by atoms with van der Waals surface area (Å²) in [6, 6.07) is 0. The van der Waals surface area contributed by atoms with Crippen molar-refractivity contribution in [3.63, 3.8) is 0 Å². The predicted molar refractivity (Wildman–Crippen MR) is 106 cm³/mol. The zero-order valence-electron chi connectivity index (χ0n) is 15.8. The van der Waals surface area contributed by atoms with Crippen LogP contribution in [0.25, 0.3) is 0 Å². The summed E-state index contributed by atoms with van der Waals surface area (Å²) in [5.41, 5.74) is 4.05. The number of amides is 2. The van der Waals surface area contributed by atoms with Crippen LogP contribution in [0.15, 0.2) is 41.5 Å². The van der Waals surface area contributed by atoms with E-state index >= 15 is 0 Å². The van der Waals surface area contributed by atoms with Crippen molar-refractivity contribution in [3.05, 3.63) is 51.3 Å². The number of thiazole rings is 1. The maximum absolute atomic E-state index is 12.6. The van der Waals surface area contributed by atoms with Crippen molar-refractivity contribution in [2.75, 3.05) is 13.7 Å². The number of likely N-dealkylation sites (N-methyl/N-ethyl adjacent to an activating group) is 1. The van der Waals surface area contributed by atoms with Gasteiger partial charge in [-0.1, -0.05) is 0 Å². The number of carbonyl (C=O) groups is 2. The standard InChI is InChI=1S/C18H23N5O4S/c1-10-22-7-12(28-10)8-27-11-4-5-14(19)13(6-11)15(21-3)16(25)23-18(2,9-24)17(20)26/h4-7,19,21,24H,8-9H2,1-3H3,(H2,20,26)(H,23,25)/b15-13-,19-14?. The number of aromatic nitrogens is 1. The molecule has 0 bridgehead atoms. The van der Waals surface area contributed by atoms with Gasteiger partial charge in [0.1, 0.15) is 23.6 Å². The van der Waals surface area contributed by atoms with Crippen molar-refractivity contribution in [1.82, 2.24) is 15.6 Å². The average molecular weight is 405 g/mol. The van der Waals surface area contributed by atoms with Crippen molar-refractivity contribution in [2.45, 2.75) is 26.0 Å². The van der Waals surface area contributed by atoms with Crippen LogP contribution in [0.1, 0.15) is 16.8 Å². The van der Waals surface area contributed by atoms with E-state index in [1.807, 2.05) is 6.92 Å². The van der Waals surface area contributed by atoms with Crippen LogP contribution in [-0.2, 0) is 20.9 Å². The predicted octanol–water partition coefficient (Wildman–Crippen LogP) is 0.268. The Morgan fingerprint density at radius 3 is 2.68 bits per heavy atom. The second-order valence-electron chi connectivity index (χ2n) is 6.28. The summed E-state index contributed by atoms with van der Waals surface area (Å²) in [6.07, 6.45) is 6.43. The lowest BCUT2D eigenvalue weighted by Gasteiger charge is -2.26. The minimum absolute atomic E-state index is 0.0463. The van der Waals surface area contributed by atoms with Gasteiger partial charge in [-0.2, -0.15) is 0 Å². The lowest BCUT2D eigenvalue weighted by molar-refractivity contribution is -0.131. The van der Waals surface area contributed by atoms with Crippen molar-refractivity contribution in [2.24, 2.45) is 5.73 Å². The van der Waals surface area contributed by atoms with E-state index in [4.69, 9.17) is 15.9 Å². The Morgan fingerprint density at radius 2 is 2.14 bits per heavy atom. The first-order chi connectivity index (χ1) is 13.2. The number of allylic oxidation sites excluding steroid dienone is 4. The van der Waals surface area contributed by atoms with Gasteiger partial charge in [-0.25, -0.2) is 4.98 Å². The Hall–Kier alpha value is -2.98. The second-order valence-corrected chi connectivity index (χ2v) is 7.59. The van der Waals surface area contributed by atoms with Gasteiger partial charge in [0, 0.05) is 18.8 Å². The molecule has 1 aromatic heterocycles. The number of primary amides is 1. The Bertz CT molecular complexity index is 886. The van der Waals surface area contributed by atoms with E-state index in [9.17, 15) is 14.7 Å². The van der Waals surface area contributed by atoms with Crippen LogP contribution in [0.4, 0.5) is 0 Å². The third kappa shape index (κ3) is 4.84. The van der Waals surface area contributed by atoms with Gasteiger partial charge in [-0.3, -0.25) is 9.59 Å². The molecule has 0 fully saturated rings. The van der Waals surface area contributed by atoms with Crippen LogP contribution in [0, 0.1) is 12.3 Å². The molecule has 28 heavy (non-hydrogen) atoms. The summed E-state index contributed by atoms with van der Waals surface area (Å²) in [5, 5.41) is 23.6. The molecule has 1 aliphatic rings. The SMILES string of the molecule is CN/C(C(=O)NC(C)(CO)C(N)=O)=C1/C=C(OCc2cnc(C)s2)C=CC1=N. The molecule has 0 aliphatic heterocycles. The van der Waals surface area contributed by atoms with Crippen LogP contribution >= 0.6 is 11.3 Å². The first-order valence-corrected chi connectivity index (χ1v) is 9.20. The highest BCUT2D eigenvalue weighted by atomic mass is 32.1. The van der Waals surface area contributed by atoms with E-state index in [1.165, 1.54) is 31.4 Å². The number of hydrogen-bond acceptors (Lipinski definition) is 8. The summed E-state index contributed by atoms with van der Waals surface area (Å²) in [7, 11) is 1.52. The van der Waals surface area contributed by atoms with Gasteiger partial charge in [0.15, 0.2) is 0 Å². The van der Waals surface area contributed by atoms with E-state index < -0.39 is 24.0 Å². The number of rotatable bonds is 8.